The average molecular weight is 284 g/mol. The van der Waals surface area contributed by atoms with E-state index in [-0.39, 0.29) is 5.54 Å². The van der Waals surface area contributed by atoms with Crippen LogP contribution in [0.25, 0.3) is 0 Å². The number of rotatable bonds is 3. The first-order valence-electron chi connectivity index (χ1n) is 7.09. The van der Waals surface area contributed by atoms with Crippen LogP contribution in [-0.4, -0.2) is 24.8 Å². The molecular formula is C17H24N2Si. The summed E-state index contributed by atoms with van der Waals surface area (Å²) in [7, 11) is -1.63. The van der Waals surface area contributed by atoms with E-state index in [9.17, 15) is 0 Å². The highest BCUT2D eigenvalue weighted by Crippen LogP contribution is 2.07. The van der Waals surface area contributed by atoms with Gasteiger partial charge in [-0.2, -0.15) is 0 Å². The Morgan fingerprint density at radius 1 is 1.00 bits per heavy atom. The van der Waals surface area contributed by atoms with E-state index < -0.39 is 8.07 Å². The molecule has 0 aliphatic carbocycles. The second kappa shape index (κ2) is 5.41. The van der Waals surface area contributed by atoms with Crippen LogP contribution in [0.1, 0.15) is 26.5 Å². The highest BCUT2D eigenvalue weighted by Gasteiger charge is 2.27. The van der Waals surface area contributed by atoms with Crippen LogP contribution in [0, 0.1) is 0 Å². The number of benzene rings is 1. The minimum absolute atomic E-state index is 0.0301. The van der Waals surface area contributed by atoms with E-state index >= 15 is 0 Å². The zero-order valence-electron chi connectivity index (χ0n) is 13.1. The van der Waals surface area contributed by atoms with Gasteiger partial charge < -0.3 is 4.98 Å². The van der Waals surface area contributed by atoms with Crippen molar-refractivity contribution in [2.75, 3.05) is 0 Å². The highest BCUT2D eigenvalue weighted by molar-refractivity contribution is 6.99. The Balaban J connectivity index is 2.27. The van der Waals surface area contributed by atoms with Crippen LogP contribution in [0.2, 0.25) is 13.1 Å². The normalized spacial score (nSPS) is 13.1. The molecule has 0 unspecified atom stereocenters. The number of hydrogen-bond donors (Lipinski definition) is 1. The molecule has 106 valence electrons. The molecule has 0 radical (unpaired) electrons. The second-order valence-electron chi connectivity index (χ2n) is 6.75. The van der Waals surface area contributed by atoms with Gasteiger partial charge in [0.1, 0.15) is 8.07 Å². The summed E-state index contributed by atoms with van der Waals surface area (Å²) in [6.45, 7) is 11.1. The smallest absolute Gasteiger partial charge is 0.132 e. The summed E-state index contributed by atoms with van der Waals surface area (Å²) in [6, 6.07) is 15.1. The highest BCUT2D eigenvalue weighted by atomic mass is 28.3. The van der Waals surface area contributed by atoms with Gasteiger partial charge in [-0.25, -0.2) is 0 Å². The number of aliphatic imine (C=N–C) groups is 1. The maximum absolute atomic E-state index is 4.55. The number of hydrogen-bond acceptors (Lipinski definition) is 1. The fourth-order valence-corrected chi connectivity index (χ4v) is 4.42. The first-order chi connectivity index (χ1) is 9.29. The molecule has 0 amide bonds. The molecule has 0 spiro atoms. The van der Waals surface area contributed by atoms with Crippen molar-refractivity contribution in [1.29, 1.82) is 0 Å². The van der Waals surface area contributed by atoms with E-state index in [0.717, 1.165) is 5.69 Å². The maximum Gasteiger partial charge on any atom is 0.132 e. The lowest BCUT2D eigenvalue weighted by molar-refractivity contribution is 0.586. The molecule has 0 aliphatic rings. The molecule has 0 atom stereocenters. The molecule has 1 heterocycles. The minimum atomic E-state index is -1.63. The zero-order chi connectivity index (χ0) is 14.8. The third kappa shape index (κ3) is 3.48. The van der Waals surface area contributed by atoms with Gasteiger partial charge in [-0.3, -0.25) is 4.99 Å². The average Bonchev–Trinajstić information content (AvgIpc) is 2.86. The fourth-order valence-electron chi connectivity index (χ4n) is 2.13. The molecular weight excluding hydrogens is 260 g/mol. The van der Waals surface area contributed by atoms with E-state index in [1.165, 1.54) is 10.5 Å². The van der Waals surface area contributed by atoms with Crippen molar-refractivity contribution in [3.8, 4) is 0 Å². The first kappa shape index (κ1) is 14.8. The molecule has 0 aliphatic heterocycles. The Labute approximate surface area is 123 Å². The molecule has 2 rings (SSSR count). The van der Waals surface area contributed by atoms with Crippen molar-refractivity contribution in [2.24, 2.45) is 4.99 Å². The van der Waals surface area contributed by atoms with Gasteiger partial charge in [0.2, 0.25) is 0 Å². The summed E-state index contributed by atoms with van der Waals surface area (Å²) in [4.78, 5) is 8.09. The summed E-state index contributed by atoms with van der Waals surface area (Å²) in [5.41, 5.74) is 1.06. The van der Waals surface area contributed by atoms with Crippen LogP contribution in [0.4, 0.5) is 0 Å². The van der Waals surface area contributed by atoms with E-state index in [0.29, 0.717) is 0 Å². The summed E-state index contributed by atoms with van der Waals surface area (Å²) in [5.74, 6) is 0. The van der Waals surface area contributed by atoms with Crippen molar-refractivity contribution < 1.29 is 0 Å². The Bertz CT molecular complexity index is 589. The molecule has 0 saturated heterocycles. The summed E-state index contributed by atoms with van der Waals surface area (Å²) >= 11 is 0. The second-order valence-corrected chi connectivity index (χ2v) is 11.1. The Hall–Kier alpha value is -1.61. The van der Waals surface area contributed by atoms with Gasteiger partial charge in [0.15, 0.2) is 0 Å². The van der Waals surface area contributed by atoms with E-state index in [1.54, 1.807) is 0 Å². The van der Waals surface area contributed by atoms with Crippen molar-refractivity contribution in [2.45, 2.75) is 39.4 Å². The van der Waals surface area contributed by atoms with Crippen molar-refractivity contribution >= 4 is 24.8 Å². The van der Waals surface area contributed by atoms with Crippen LogP contribution in [0.5, 0.6) is 0 Å². The van der Waals surface area contributed by atoms with Gasteiger partial charge in [0, 0.05) is 11.5 Å². The van der Waals surface area contributed by atoms with Crippen LogP contribution in [0.15, 0.2) is 47.5 Å². The molecule has 3 heteroatoms. The topological polar surface area (TPSA) is 28.1 Å². The molecule has 20 heavy (non-hydrogen) atoms. The largest absolute Gasteiger partial charge is 0.361 e. The summed E-state index contributed by atoms with van der Waals surface area (Å²) in [6.07, 6.45) is 1.94. The van der Waals surface area contributed by atoms with E-state index in [1.807, 2.05) is 6.21 Å². The maximum atomic E-state index is 4.55. The number of H-pyrrole nitrogens is 1. The Kier molecular flexibility index (Phi) is 4.00. The van der Waals surface area contributed by atoms with Gasteiger partial charge >= 0.3 is 0 Å². The molecule has 2 nitrogen and oxygen atoms in total. The number of nitrogens with zero attached hydrogens (tertiary/aromatic N) is 1. The van der Waals surface area contributed by atoms with Crippen molar-refractivity contribution in [3.63, 3.8) is 0 Å². The monoisotopic (exact) mass is 284 g/mol. The molecule has 0 fully saturated rings. The molecule has 0 saturated carbocycles. The predicted octanol–water partition coefficient (Wildman–Crippen LogP) is 3.05. The van der Waals surface area contributed by atoms with Gasteiger partial charge in [0.05, 0.1) is 11.2 Å². The Morgan fingerprint density at radius 3 is 2.25 bits per heavy atom. The number of nitrogens with one attached hydrogen (secondary N) is 1. The SMILES string of the molecule is CC(C)(C)/N=C/c1ccc([Si](C)(C)c2ccccc2)[nH]1. The standard InChI is InChI=1S/C17H24N2Si/c1-17(2,3)18-13-14-11-12-16(19-14)20(4,5)15-9-7-6-8-10-15/h6-13,19H,1-5H3/b18-13+. The molecule has 1 N–H and O–H groups in total. The molecule has 1 aromatic carbocycles. The van der Waals surface area contributed by atoms with Crippen LogP contribution in [-0.2, 0) is 0 Å². The molecule has 0 bridgehead atoms. The van der Waals surface area contributed by atoms with Gasteiger partial charge in [-0.15, -0.1) is 0 Å². The lowest BCUT2D eigenvalue weighted by Crippen LogP contribution is -2.53. The molecule has 2 aromatic rings. The van der Waals surface area contributed by atoms with Crippen LogP contribution in [0.3, 0.4) is 0 Å². The third-order valence-electron chi connectivity index (χ3n) is 3.47. The fraction of sp³-hybridized carbons (Fsp3) is 0.353. The lowest BCUT2D eigenvalue weighted by Gasteiger charge is -2.21. The quantitative estimate of drug-likeness (QED) is 0.663. The minimum Gasteiger partial charge on any atom is -0.361 e. The van der Waals surface area contributed by atoms with E-state index in [4.69, 9.17) is 0 Å². The van der Waals surface area contributed by atoms with Gasteiger partial charge in [0.25, 0.3) is 0 Å². The van der Waals surface area contributed by atoms with Gasteiger partial charge in [-0.1, -0.05) is 48.6 Å². The summed E-state index contributed by atoms with van der Waals surface area (Å²) in [5, 5.41) is 2.79. The molecule has 1 aromatic heterocycles. The van der Waals surface area contributed by atoms with E-state index in [2.05, 4.69) is 86.3 Å². The Morgan fingerprint density at radius 2 is 1.65 bits per heavy atom. The first-order valence-corrected chi connectivity index (χ1v) is 10.1. The number of aromatic nitrogens is 1. The van der Waals surface area contributed by atoms with Crippen LogP contribution < -0.4 is 10.5 Å². The van der Waals surface area contributed by atoms with Gasteiger partial charge in [-0.05, 0) is 32.9 Å². The lowest BCUT2D eigenvalue weighted by atomic mass is 10.1. The van der Waals surface area contributed by atoms with Crippen molar-refractivity contribution in [3.05, 3.63) is 48.2 Å². The van der Waals surface area contributed by atoms with Crippen LogP contribution >= 0.6 is 0 Å². The zero-order valence-corrected chi connectivity index (χ0v) is 14.1. The third-order valence-corrected chi connectivity index (χ3v) is 6.88. The van der Waals surface area contributed by atoms with Crippen molar-refractivity contribution in [1.82, 2.24) is 4.98 Å². The number of aromatic amines is 1. The predicted molar refractivity (Wildman–Crippen MR) is 91.3 cm³/mol. The summed E-state index contributed by atoms with van der Waals surface area (Å²) < 4.78 is 0.